The lowest BCUT2D eigenvalue weighted by Gasteiger charge is -2.28. The Morgan fingerprint density at radius 2 is 2.06 bits per heavy atom. The molecule has 1 aliphatic rings. The number of nitrogens with one attached hydrogen (secondary N) is 1. The third-order valence-electron chi connectivity index (χ3n) is 5.16. The van der Waals surface area contributed by atoms with Crippen LogP contribution in [0, 0.1) is 11.8 Å². The highest BCUT2D eigenvalue weighted by atomic mass is 16.7. The molecule has 4 rings (SSSR count). The summed E-state index contributed by atoms with van der Waals surface area (Å²) in [6.07, 6.45) is 1.62. The maximum Gasteiger partial charge on any atom is 0.331 e. The maximum atomic E-state index is 13.3. The number of aromatic nitrogens is 4. The number of nitrogens with two attached hydrogens (primary N) is 1. The quantitative estimate of drug-likeness (QED) is 0.420. The van der Waals surface area contributed by atoms with Crippen molar-refractivity contribution in [3.63, 3.8) is 0 Å². The van der Waals surface area contributed by atoms with Gasteiger partial charge in [-0.2, -0.15) is 0 Å². The Hall–Kier alpha value is -3.84. The molecule has 0 aliphatic carbocycles. The molecule has 0 radical (unpaired) electrons. The largest absolute Gasteiger partial charge is 0.365 e. The highest BCUT2D eigenvalue weighted by molar-refractivity contribution is 5.95. The zero-order chi connectivity index (χ0) is 22.0. The van der Waals surface area contributed by atoms with E-state index < -0.39 is 5.91 Å². The first-order valence-corrected chi connectivity index (χ1v) is 9.96. The smallest absolute Gasteiger partial charge is 0.331 e. The summed E-state index contributed by atoms with van der Waals surface area (Å²) in [6, 6.07) is 6.59. The monoisotopic (exact) mass is 422 g/mol. The summed E-state index contributed by atoms with van der Waals surface area (Å²) in [7, 11) is 1.59. The summed E-state index contributed by atoms with van der Waals surface area (Å²) in [6.45, 7) is 5.37. The third-order valence-corrected chi connectivity index (χ3v) is 5.16. The number of carbonyl (C=O) groups excluding carboxylic acids is 1. The summed E-state index contributed by atoms with van der Waals surface area (Å²) in [4.78, 5) is 39.0. The highest BCUT2D eigenvalue weighted by Crippen LogP contribution is 2.20. The fraction of sp³-hybridized carbons (Fsp3) is 0.333. The van der Waals surface area contributed by atoms with Gasteiger partial charge in [0.2, 0.25) is 11.7 Å². The minimum atomic E-state index is -0.620. The Morgan fingerprint density at radius 3 is 2.77 bits per heavy atom. The van der Waals surface area contributed by atoms with Crippen molar-refractivity contribution in [2.75, 3.05) is 31.1 Å². The first-order valence-electron chi connectivity index (χ1n) is 9.96. The van der Waals surface area contributed by atoms with Gasteiger partial charge in [-0.05, 0) is 19.1 Å². The summed E-state index contributed by atoms with van der Waals surface area (Å²) in [5.41, 5.74) is 6.29. The summed E-state index contributed by atoms with van der Waals surface area (Å²) < 4.78 is 3.17. The molecule has 1 aromatic carbocycles. The van der Waals surface area contributed by atoms with Crippen LogP contribution in [-0.2, 0) is 13.6 Å². The molecule has 3 heterocycles. The van der Waals surface area contributed by atoms with Crippen LogP contribution in [0.1, 0.15) is 17.3 Å². The van der Waals surface area contributed by atoms with Crippen LogP contribution in [0.15, 0.2) is 35.3 Å². The van der Waals surface area contributed by atoms with Gasteiger partial charge >= 0.3 is 5.56 Å². The number of piperazine rings is 1. The Balaban J connectivity index is 1.85. The first kappa shape index (κ1) is 20.4. The molecule has 10 nitrogen and oxygen atoms in total. The topological polar surface area (TPSA) is 111 Å². The van der Waals surface area contributed by atoms with Gasteiger partial charge in [0, 0.05) is 26.2 Å². The zero-order valence-corrected chi connectivity index (χ0v) is 17.5. The van der Waals surface area contributed by atoms with Crippen LogP contribution in [0.4, 0.5) is 5.95 Å². The van der Waals surface area contributed by atoms with Crippen molar-refractivity contribution in [3.8, 4) is 17.6 Å². The fourth-order valence-corrected chi connectivity index (χ4v) is 3.56. The molecule has 2 aromatic heterocycles. The predicted octanol–water partition coefficient (Wildman–Crippen LogP) is -0.604. The number of anilines is 1. The number of carbonyl (C=O) groups is 1. The Labute approximate surface area is 178 Å². The molecule has 1 amide bonds. The molecular weight excluding hydrogens is 398 g/mol. The van der Waals surface area contributed by atoms with Gasteiger partial charge in [-0.3, -0.25) is 14.2 Å². The van der Waals surface area contributed by atoms with E-state index in [-0.39, 0.29) is 16.9 Å². The van der Waals surface area contributed by atoms with E-state index in [9.17, 15) is 9.59 Å². The number of hydrogen-bond acceptors (Lipinski definition) is 6. The van der Waals surface area contributed by atoms with E-state index in [1.54, 1.807) is 44.4 Å². The van der Waals surface area contributed by atoms with E-state index in [1.165, 1.54) is 9.53 Å². The second-order valence-corrected chi connectivity index (χ2v) is 7.11. The van der Waals surface area contributed by atoms with Gasteiger partial charge in [0.15, 0.2) is 5.52 Å². The fourth-order valence-electron chi connectivity index (χ4n) is 3.56. The van der Waals surface area contributed by atoms with Crippen LogP contribution in [-0.4, -0.2) is 46.3 Å². The molecule has 1 aliphatic heterocycles. The lowest BCUT2D eigenvalue weighted by molar-refractivity contribution is -0.938. The minimum absolute atomic E-state index is 0.216. The Bertz CT molecular complexity index is 1260. The second-order valence-electron chi connectivity index (χ2n) is 7.11. The Kier molecular flexibility index (Phi) is 5.60. The van der Waals surface area contributed by atoms with Crippen LogP contribution in [0.2, 0.25) is 0 Å². The predicted molar refractivity (Wildman–Crippen MR) is 115 cm³/mol. The molecular formula is C21H24N7O3+. The van der Waals surface area contributed by atoms with Crippen molar-refractivity contribution in [2.45, 2.75) is 13.5 Å². The maximum absolute atomic E-state index is 13.3. The summed E-state index contributed by atoms with van der Waals surface area (Å²) in [5, 5.41) is 3.32. The normalized spacial score (nSPS) is 13.7. The van der Waals surface area contributed by atoms with Gasteiger partial charge in [-0.1, -0.05) is 22.7 Å². The number of imidazole rings is 1. The van der Waals surface area contributed by atoms with Crippen molar-refractivity contribution in [1.82, 2.24) is 19.5 Å². The van der Waals surface area contributed by atoms with Crippen LogP contribution < -0.4 is 31.2 Å². The molecule has 3 N–H and O–H groups in total. The number of rotatable bonds is 5. The van der Waals surface area contributed by atoms with Gasteiger partial charge in [-0.25, -0.2) is 9.82 Å². The molecule has 1 saturated heterocycles. The molecule has 0 saturated carbocycles. The molecule has 160 valence electrons. The number of nitrogens with zero attached hydrogens (tertiary/aromatic N) is 5. The molecule has 10 heteroatoms. The van der Waals surface area contributed by atoms with Crippen LogP contribution in [0.5, 0.6) is 5.75 Å². The van der Waals surface area contributed by atoms with E-state index in [4.69, 9.17) is 15.6 Å². The summed E-state index contributed by atoms with van der Waals surface area (Å²) in [5.74, 6) is 6.24. The van der Waals surface area contributed by atoms with Crippen molar-refractivity contribution >= 4 is 22.9 Å². The first-order chi connectivity index (χ1) is 15.0. The van der Waals surface area contributed by atoms with Crippen molar-refractivity contribution in [2.24, 2.45) is 12.8 Å². The van der Waals surface area contributed by atoms with E-state index in [0.717, 1.165) is 26.2 Å². The highest BCUT2D eigenvalue weighted by Gasteiger charge is 2.26. The molecule has 0 atom stereocenters. The number of fused-ring (bicyclic) bond motifs is 1. The van der Waals surface area contributed by atoms with E-state index >= 15 is 0 Å². The molecule has 1 fully saturated rings. The lowest BCUT2D eigenvalue weighted by Crippen LogP contribution is -2.54. The van der Waals surface area contributed by atoms with Gasteiger partial charge in [0.05, 0.1) is 19.2 Å². The number of benzene rings is 1. The van der Waals surface area contributed by atoms with Gasteiger partial charge in [-0.15, -0.1) is 5.92 Å². The van der Waals surface area contributed by atoms with Crippen molar-refractivity contribution < 1.29 is 14.5 Å². The van der Waals surface area contributed by atoms with Crippen molar-refractivity contribution in [3.05, 3.63) is 46.4 Å². The Morgan fingerprint density at radius 1 is 1.32 bits per heavy atom. The standard InChI is InChI=1S/C21H23N7O3/c1-3-4-11-27-18-16(24-21(27)26-12-9-23-10-13-26)14-28(25(2)20(18)30)31-17-8-6-5-7-15(17)19(22)29/h5-8,14,23H,9-13H2,1-2H3,(H-,22,29)/p+1. The number of hydrogen-bond donors (Lipinski definition) is 2. The van der Waals surface area contributed by atoms with Crippen LogP contribution in [0.25, 0.3) is 11.0 Å². The van der Waals surface area contributed by atoms with Crippen LogP contribution in [0.3, 0.4) is 0 Å². The van der Waals surface area contributed by atoms with Gasteiger partial charge in [0.1, 0.15) is 10.4 Å². The second kappa shape index (κ2) is 8.49. The SMILES string of the molecule is CC#CCn1c(N2CCNCC2)nc2c[n+](Oc3ccccc3C(N)=O)n(C)c(=O)c21. The lowest BCUT2D eigenvalue weighted by atomic mass is 10.2. The number of primary amides is 1. The van der Waals surface area contributed by atoms with E-state index in [1.807, 2.05) is 4.57 Å². The average Bonchev–Trinajstić information content (AvgIpc) is 3.15. The molecule has 0 bridgehead atoms. The molecule has 3 aromatic rings. The molecule has 31 heavy (non-hydrogen) atoms. The molecule has 0 spiro atoms. The number of amides is 1. The summed E-state index contributed by atoms with van der Waals surface area (Å²) >= 11 is 0. The van der Waals surface area contributed by atoms with Gasteiger partial charge in [0.25, 0.3) is 12.1 Å². The van der Waals surface area contributed by atoms with Gasteiger partial charge < -0.3 is 16.0 Å². The van der Waals surface area contributed by atoms with E-state index in [0.29, 0.717) is 23.5 Å². The van der Waals surface area contributed by atoms with Crippen LogP contribution >= 0.6 is 0 Å². The van der Waals surface area contributed by atoms with E-state index in [2.05, 4.69) is 22.1 Å². The third kappa shape index (κ3) is 3.83. The average molecular weight is 422 g/mol. The number of para-hydroxylation sites is 1. The zero-order valence-electron chi connectivity index (χ0n) is 17.5. The molecule has 0 unspecified atom stereocenters. The minimum Gasteiger partial charge on any atom is -0.365 e. The van der Waals surface area contributed by atoms with Crippen molar-refractivity contribution in [1.29, 1.82) is 0 Å².